The van der Waals surface area contributed by atoms with Gasteiger partial charge >= 0.3 is 18.3 Å². The molecule has 0 radical (unpaired) electrons. The van der Waals surface area contributed by atoms with Crippen molar-refractivity contribution in [1.29, 1.82) is 0 Å². The summed E-state index contributed by atoms with van der Waals surface area (Å²) in [6.07, 6.45) is -10.5. The van der Waals surface area contributed by atoms with Crippen molar-refractivity contribution >= 4 is 5.97 Å². The van der Waals surface area contributed by atoms with Crippen LogP contribution < -0.4 is 0 Å². The van der Waals surface area contributed by atoms with Gasteiger partial charge in [-0.2, -0.15) is 26.3 Å². The highest BCUT2D eigenvalue weighted by molar-refractivity contribution is 5.87. The highest BCUT2D eigenvalue weighted by Gasteiger charge is 2.78. The van der Waals surface area contributed by atoms with Crippen LogP contribution in [-0.2, 0) is 14.3 Å². The summed E-state index contributed by atoms with van der Waals surface area (Å²) in [6, 6.07) is 0. The quantitative estimate of drug-likeness (QED) is 0.277. The highest BCUT2D eigenvalue weighted by Crippen LogP contribution is 2.58. The Balaban J connectivity index is 2.42. The highest BCUT2D eigenvalue weighted by atomic mass is 19.4. The molecule has 0 heterocycles. The first-order valence-corrected chi connectivity index (χ1v) is 10.8. The van der Waals surface area contributed by atoms with Gasteiger partial charge in [0.25, 0.3) is 5.60 Å². The van der Waals surface area contributed by atoms with Crippen molar-refractivity contribution in [3.8, 4) is 0 Å². The summed E-state index contributed by atoms with van der Waals surface area (Å²) < 4.78 is 92.7. The zero-order valence-electron chi connectivity index (χ0n) is 19.0. The van der Waals surface area contributed by atoms with Crippen molar-refractivity contribution in [2.75, 3.05) is 0 Å². The van der Waals surface area contributed by atoms with Gasteiger partial charge in [-0.15, -0.1) is 0 Å². The fourth-order valence-electron chi connectivity index (χ4n) is 5.68. The van der Waals surface area contributed by atoms with Gasteiger partial charge in [0.05, 0.1) is 5.60 Å². The van der Waals surface area contributed by atoms with E-state index < -0.39 is 47.1 Å². The predicted octanol–water partition coefficient (Wildman–Crippen LogP) is 5.73. The SMILES string of the molecule is C=C(C)C(=O)OC1CC2CC1C(C(CC)(CC)OC(C)(C)C(O)(C(F)(F)F)C(F)(F)F)C2. The summed E-state index contributed by atoms with van der Waals surface area (Å²) in [6.45, 7) is 9.57. The molecule has 2 saturated carbocycles. The third-order valence-electron chi connectivity index (χ3n) is 7.38. The van der Waals surface area contributed by atoms with E-state index in [0.29, 0.717) is 33.1 Å². The van der Waals surface area contributed by atoms with Gasteiger partial charge < -0.3 is 14.6 Å². The first-order valence-electron chi connectivity index (χ1n) is 10.8. The Morgan fingerprint density at radius 1 is 1.00 bits per heavy atom. The number of alkyl halides is 6. The lowest BCUT2D eigenvalue weighted by atomic mass is 9.71. The van der Waals surface area contributed by atoms with Crippen LogP contribution in [-0.4, -0.2) is 46.3 Å². The van der Waals surface area contributed by atoms with Crippen LogP contribution in [0.1, 0.15) is 66.7 Å². The minimum atomic E-state index is -6.00. The fraction of sp³-hybridized carbons (Fsp3) is 0.864. The van der Waals surface area contributed by atoms with Crippen molar-refractivity contribution in [3.63, 3.8) is 0 Å². The van der Waals surface area contributed by atoms with Crippen molar-refractivity contribution in [2.24, 2.45) is 17.8 Å². The lowest BCUT2D eigenvalue weighted by Gasteiger charge is -2.52. The molecule has 10 heteroatoms. The van der Waals surface area contributed by atoms with Crippen LogP contribution in [0.5, 0.6) is 0 Å². The summed E-state index contributed by atoms with van der Waals surface area (Å²) in [5, 5.41) is 10.0. The average Bonchev–Trinajstić information content (AvgIpc) is 3.24. The molecule has 2 aliphatic carbocycles. The van der Waals surface area contributed by atoms with Crippen molar-refractivity contribution < 1.29 is 45.7 Å². The first-order chi connectivity index (χ1) is 14.4. The summed E-state index contributed by atoms with van der Waals surface area (Å²) >= 11 is 0. The molecule has 2 rings (SSSR count). The Bertz CT molecular complexity index is 709. The molecule has 0 aromatic rings. The van der Waals surface area contributed by atoms with Gasteiger partial charge in [0.2, 0.25) is 0 Å². The molecule has 0 saturated heterocycles. The maximum atomic E-state index is 13.6. The van der Waals surface area contributed by atoms with E-state index in [1.54, 1.807) is 13.8 Å². The second kappa shape index (κ2) is 8.49. The van der Waals surface area contributed by atoms with Crippen LogP contribution in [0.4, 0.5) is 26.3 Å². The summed E-state index contributed by atoms with van der Waals surface area (Å²) in [7, 11) is 0. The van der Waals surface area contributed by atoms with Crippen LogP contribution in [0.25, 0.3) is 0 Å². The molecule has 2 bridgehead atoms. The Hall–Kier alpha value is -1.29. The molecule has 0 aliphatic heterocycles. The average molecular weight is 474 g/mol. The minimum Gasteiger partial charge on any atom is -0.459 e. The Morgan fingerprint density at radius 2 is 1.50 bits per heavy atom. The number of esters is 1. The molecule has 32 heavy (non-hydrogen) atoms. The van der Waals surface area contributed by atoms with E-state index in [1.807, 2.05) is 0 Å². The third-order valence-corrected chi connectivity index (χ3v) is 7.38. The van der Waals surface area contributed by atoms with Gasteiger partial charge in [-0.05, 0) is 64.7 Å². The molecule has 4 unspecified atom stereocenters. The largest absolute Gasteiger partial charge is 0.459 e. The molecule has 186 valence electrons. The second-order valence-corrected chi connectivity index (χ2v) is 9.66. The number of ether oxygens (including phenoxy) is 2. The number of carbonyl (C=O) groups is 1. The zero-order chi connectivity index (χ0) is 24.9. The standard InChI is InChI=1S/C22H32F6O4/c1-7-19(8-2,32-18(5,6)20(30,21(23,24)25)22(26,27)28)15-10-13-9-14(15)16(11-13)31-17(29)12(3)4/h13-16,30H,3,7-11H2,1-2,4-6H3. The summed E-state index contributed by atoms with van der Waals surface area (Å²) in [5.74, 6) is -1.14. The molecular formula is C22H32F6O4. The van der Waals surface area contributed by atoms with Crippen LogP contribution >= 0.6 is 0 Å². The molecule has 1 N–H and O–H groups in total. The topological polar surface area (TPSA) is 55.8 Å². The second-order valence-electron chi connectivity index (χ2n) is 9.66. The lowest BCUT2D eigenvalue weighted by molar-refractivity contribution is -0.423. The molecule has 2 aliphatic rings. The summed E-state index contributed by atoms with van der Waals surface area (Å²) in [4.78, 5) is 12.0. The number of carbonyl (C=O) groups excluding carboxylic acids is 1. The summed E-state index contributed by atoms with van der Waals surface area (Å²) in [5.41, 5.74) is -9.26. The fourth-order valence-corrected chi connectivity index (χ4v) is 5.68. The minimum absolute atomic E-state index is 0.126. The molecule has 0 amide bonds. The number of halogens is 6. The zero-order valence-corrected chi connectivity index (χ0v) is 19.0. The molecule has 4 atom stereocenters. The number of hydrogen-bond acceptors (Lipinski definition) is 4. The Morgan fingerprint density at radius 3 is 1.88 bits per heavy atom. The van der Waals surface area contributed by atoms with Gasteiger partial charge in [0, 0.05) is 11.5 Å². The molecule has 0 aromatic heterocycles. The maximum absolute atomic E-state index is 13.6. The maximum Gasteiger partial charge on any atom is 0.429 e. The molecule has 0 spiro atoms. The van der Waals surface area contributed by atoms with E-state index >= 15 is 0 Å². The van der Waals surface area contributed by atoms with E-state index in [9.17, 15) is 36.2 Å². The molecule has 4 nitrogen and oxygen atoms in total. The van der Waals surface area contributed by atoms with Crippen LogP contribution in [0.15, 0.2) is 12.2 Å². The van der Waals surface area contributed by atoms with Crippen molar-refractivity contribution in [1.82, 2.24) is 0 Å². The van der Waals surface area contributed by atoms with Crippen LogP contribution in [0, 0.1) is 17.8 Å². The van der Waals surface area contributed by atoms with E-state index in [2.05, 4.69) is 6.58 Å². The van der Waals surface area contributed by atoms with Crippen LogP contribution in [0.3, 0.4) is 0 Å². The van der Waals surface area contributed by atoms with E-state index in [1.165, 1.54) is 6.92 Å². The Kier molecular flexibility index (Phi) is 7.15. The first kappa shape index (κ1) is 27.0. The molecular weight excluding hydrogens is 442 g/mol. The number of rotatable bonds is 8. The van der Waals surface area contributed by atoms with E-state index in [-0.39, 0.29) is 30.3 Å². The van der Waals surface area contributed by atoms with Gasteiger partial charge in [-0.3, -0.25) is 0 Å². The number of hydrogen-bond donors (Lipinski definition) is 1. The monoisotopic (exact) mass is 474 g/mol. The predicted molar refractivity (Wildman–Crippen MR) is 105 cm³/mol. The number of fused-ring (bicyclic) bond motifs is 2. The van der Waals surface area contributed by atoms with E-state index in [0.717, 1.165) is 0 Å². The smallest absolute Gasteiger partial charge is 0.429 e. The van der Waals surface area contributed by atoms with E-state index in [4.69, 9.17) is 9.47 Å². The number of aliphatic hydroxyl groups is 1. The van der Waals surface area contributed by atoms with Gasteiger partial charge in [-0.25, -0.2) is 4.79 Å². The third kappa shape index (κ3) is 4.29. The van der Waals surface area contributed by atoms with Crippen molar-refractivity contribution in [3.05, 3.63) is 12.2 Å². The van der Waals surface area contributed by atoms with Gasteiger partial charge in [0.15, 0.2) is 0 Å². The van der Waals surface area contributed by atoms with Gasteiger partial charge in [0.1, 0.15) is 11.7 Å². The van der Waals surface area contributed by atoms with Gasteiger partial charge in [-0.1, -0.05) is 20.4 Å². The molecule has 2 fully saturated rings. The van der Waals surface area contributed by atoms with Crippen LogP contribution in [0.2, 0.25) is 0 Å². The molecule has 0 aromatic carbocycles. The Labute approximate surface area is 184 Å². The lowest BCUT2D eigenvalue weighted by Crippen LogP contribution is -2.71. The normalized spacial score (nSPS) is 27.0. The van der Waals surface area contributed by atoms with Crippen molar-refractivity contribution in [2.45, 2.75) is 102 Å².